The van der Waals surface area contributed by atoms with Gasteiger partial charge in [-0.25, -0.2) is 4.57 Å². The average molecular weight is 1100 g/mol. The monoisotopic (exact) mass is 1100 g/mol. The highest BCUT2D eigenvalue weighted by atomic mass is 31.2. The van der Waals surface area contributed by atoms with Crippen molar-refractivity contribution in [3.8, 4) is 0 Å². The number of hydrogen-bond acceptors (Lipinski definition) is 8. The summed E-state index contributed by atoms with van der Waals surface area (Å²) in [6.07, 6.45) is 81.2. The van der Waals surface area contributed by atoms with Gasteiger partial charge in [0.15, 0.2) is 6.10 Å². The first-order chi connectivity index (χ1) is 37.8. The van der Waals surface area contributed by atoms with E-state index in [0.29, 0.717) is 6.42 Å². The zero-order valence-electron chi connectivity index (χ0n) is 50.2. The number of carbonyl (C=O) groups is 2. The van der Waals surface area contributed by atoms with Crippen LogP contribution in [0.4, 0.5) is 0 Å². The molecule has 10 heteroatoms. The van der Waals surface area contributed by atoms with Gasteiger partial charge in [-0.2, -0.15) is 0 Å². The van der Waals surface area contributed by atoms with Gasteiger partial charge >= 0.3 is 19.8 Å². The Kier molecular flexibility index (Phi) is 60.6. The summed E-state index contributed by atoms with van der Waals surface area (Å²) in [6, 6.07) is 0. The minimum absolute atomic E-state index is 0.0525. The van der Waals surface area contributed by atoms with Crippen LogP contribution in [0.1, 0.15) is 309 Å². The van der Waals surface area contributed by atoms with Crippen LogP contribution >= 0.6 is 7.82 Å². The Bertz CT molecular complexity index is 1490. The van der Waals surface area contributed by atoms with E-state index in [1.54, 1.807) is 0 Å². The SMILES string of the molecule is CC/C=C\C/C=C\C/C=C\C/C=C\C/C=C\C/C=C\CCCCCCCCCCCCCCC(=O)OC(COC(=O)CCCCCCCCCCCCCCCCCCCCCCCCCCC)COP(=O)(O)OCCN. The first kappa shape index (κ1) is 74.5. The lowest BCUT2D eigenvalue weighted by Gasteiger charge is -2.19. The van der Waals surface area contributed by atoms with E-state index in [-0.39, 0.29) is 38.6 Å². The molecule has 2 atom stereocenters. The van der Waals surface area contributed by atoms with Crippen LogP contribution in [-0.2, 0) is 32.7 Å². The molecule has 0 aromatic rings. The molecule has 0 aromatic heterocycles. The van der Waals surface area contributed by atoms with Crippen molar-refractivity contribution < 1.29 is 37.6 Å². The van der Waals surface area contributed by atoms with Crippen molar-refractivity contribution in [1.82, 2.24) is 0 Å². The zero-order chi connectivity index (χ0) is 55.9. The minimum Gasteiger partial charge on any atom is -0.462 e. The Hall–Kier alpha value is -2.55. The molecule has 0 aliphatic heterocycles. The summed E-state index contributed by atoms with van der Waals surface area (Å²) >= 11 is 0. The van der Waals surface area contributed by atoms with Crippen LogP contribution in [0.25, 0.3) is 0 Å². The first-order valence-electron chi connectivity index (χ1n) is 32.4. The molecule has 3 N–H and O–H groups in total. The summed E-state index contributed by atoms with van der Waals surface area (Å²) in [4.78, 5) is 35.3. The van der Waals surface area contributed by atoms with Gasteiger partial charge in [-0.3, -0.25) is 18.6 Å². The average Bonchev–Trinajstić information content (AvgIpc) is 3.42. The fraction of sp³-hybridized carbons (Fsp3) is 0.791. The van der Waals surface area contributed by atoms with Crippen LogP contribution in [-0.4, -0.2) is 49.3 Å². The maximum Gasteiger partial charge on any atom is 0.472 e. The molecule has 9 nitrogen and oxygen atoms in total. The molecule has 0 saturated heterocycles. The number of ether oxygens (including phenoxy) is 2. The number of esters is 2. The van der Waals surface area contributed by atoms with Gasteiger partial charge in [0.25, 0.3) is 0 Å². The maximum atomic E-state index is 12.7. The summed E-state index contributed by atoms with van der Waals surface area (Å²) < 4.78 is 33.1. The first-order valence-corrected chi connectivity index (χ1v) is 33.9. The molecule has 0 amide bonds. The molecule has 0 aliphatic rings. The minimum atomic E-state index is -4.39. The molecular formula is C67H122NO8P. The summed E-state index contributed by atoms with van der Waals surface area (Å²) in [5.74, 6) is -0.817. The normalized spacial score (nSPS) is 13.5. The number of carbonyl (C=O) groups excluding carboxylic acids is 2. The van der Waals surface area contributed by atoms with Gasteiger partial charge in [0.1, 0.15) is 6.61 Å². The van der Waals surface area contributed by atoms with Gasteiger partial charge < -0.3 is 20.1 Å². The van der Waals surface area contributed by atoms with Crippen molar-refractivity contribution in [1.29, 1.82) is 0 Å². The summed E-state index contributed by atoms with van der Waals surface area (Å²) in [6.45, 7) is 3.68. The standard InChI is InChI=1S/C67H122NO8P/c1-3-5-7-9-11-13-15-17-19-21-23-25-27-29-30-31-32-33-34-36-38-40-42-44-46-48-50-52-54-56-58-60-67(70)76-65(64-75-77(71,72)74-62-61-68)63-73-66(69)59-57-55-53-51-49-47-45-43-41-39-37-35-28-26-24-22-20-18-16-14-12-10-8-6-4-2/h5,7,11,13,17,19,23,25,29-30,32-33,65H,3-4,6,8-10,12,14-16,18,20-22,24,26-28,31,34-64,68H2,1-2H3,(H,71,72)/b7-5-,13-11-,19-17-,25-23-,30-29-,33-32-. The second-order valence-corrected chi connectivity index (χ2v) is 23.1. The van der Waals surface area contributed by atoms with Gasteiger partial charge in [0, 0.05) is 19.4 Å². The molecule has 0 spiro atoms. The molecule has 0 aliphatic carbocycles. The summed E-state index contributed by atoms with van der Waals surface area (Å²) in [7, 11) is -4.39. The van der Waals surface area contributed by atoms with Crippen molar-refractivity contribution in [2.45, 2.75) is 315 Å². The Labute approximate surface area is 475 Å². The molecule has 0 heterocycles. The maximum absolute atomic E-state index is 12.7. The third-order valence-electron chi connectivity index (χ3n) is 14.1. The summed E-state index contributed by atoms with van der Waals surface area (Å²) in [5, 5.41) is 0. The molecule has 2 unspecified atom stereocenters. The lowest BCUT2D eigenvalue weighted by molar-refractivity contribution is -0.161. The largest absolute Gasteiger partial charge is 0.472 e. The van der Waals surface area contributed by atoms with Gasteiger partial charge in [-0.1, -0.05) is 305 Å². The van der Waals surface area contributed by atoms with Crippen LogP contribution in [0.5, 0.6) is 0 Å². The van der Waals surface area contributed by atoms with E-state index in [4.69, 9.17) is 24.3 Å². The van der Waals surface area contributed by atoms with Gasteiger partial charge in [0.2, 0.25) is 0 Å². The molecule has 0 rings (SSSR count). The molecule has 0 aromatic carbocycles. The van der Waals surface area contributed by atoms with E-state index in [2.05, 4.69) is 86.8 Å². The van der Waals surface area contributed by atoms with Crippen LogP contribution < -0.4 is 5.73 Å². The number of phosphoric acid groups is 1. The number of phosphoric ester groups is 1. The fourth-order valence-corrected chi connectivity index (χ4v) is 10.1. The predicted molar refractivity (Wildman–Crippen MR) is 330 cm³/mol. The Morgan fingerprint density at radius 2 is 0.714 bits per heavy atom. The van der Waals surface area contributed by atoms with Crippen molar-refractivity contribution in [2.24, 2.45) is 5.73 Å². The highest BCUT2D eigenvalue weighted by Gasteiger charge is 2.26. The Morgan fingerprint density at radius 1 is 0.403 bits per heavy atom. The van der Waals surface area contributed by atoms with Crippen molar-refractivity contribution in [2.75, 3.05) is 26.4 Å². The third-order valence-corrected chi connectivity index (χ3v) is 15.1. The highest BCUT2D eigenvalue weighted by Crippen LogP contribution is 2.43. The molecule has 0 bridgehead atoms. The molecule has 0 radical (unpaired) electrons. The van der Waals surface area contributed by atoms with Gasteiger partial charge in [0.05, 0.1) is 13.2 Å². The van der Waals surface area contributed by atoms with E-state index in [0.717, 1.165) is 77.0 Å². The smallest absolute Gasteiger partial charge is 0.462 e. The number of rotatable bonds is 61. The predicted octanol–water partition coefficient (Wildman–Crippen LogP) is 20.9. The molecule has 0 fully saturated rings. The quantitative estimate of drug-likeness (QED) is 0.0264. The molecule has 0 saturated carbocycles. The van der Waals surface area contributed by atoms with E-state index in [1.165, 1.54) is 199 Å². The van der Waals surface area contributed by atoms with E-state index in [9.17, 15) is 19.0 Å². The molecular weight excluding hydrogens is 978 g/mol. The van der Waals surface area contributed by atoms with Crippen LogP contribution in [0.15, 0.2) is 72.9 Å². The van der Waals surface area contributed by atoms with Crippen LogP contribution in [0.3, 0.4) is 0 Å². The van der Waals surface area contributed by atoms with Crippen molar-refractivity contribution in [3.05, 3.63) is 72.9 Å². The molecule has 448 valence electrons. The van der Waals surface area contributed by atoms with E-state index in [1.807, 2.05) is 0 Å². The molecule has 77 heavy (non-hydrogen) atoms. The lowest BCUT2D eigenvalue weighted by Crippen LogP contribution is -2.29. The second kappa shape index (κ2) is 62.6. The third kappa shape index (κ3) is 62.5. The Balaban J connectivity index is 3.91. The highest BCUT2D eigenvalue weighted by molar-refractivity contribution is 7.47. The topological polar surface area (TPSA) is 134 Å². The van der Waals surface area contributed by atoms with Crippen molar-refractivity contribution >= 4 is 19.8 Å². The van der Waals surface area contributed by atoms with Crippen molar-refractivity contribution in [3.63, 3.8) is 0 Å². The second-order valence-electron chi connectivity index (χ2n) is 21.6. The lowest BCUT2D eigenvalue weighted by atomic mass is 10.0. The Morgan fingerprint density at radius 3 is 1.06 bits per heavy atom. The van der Waals surface area contributed by atoms with Crippen LogP contribution in [0.2, 0.25) is 0 Å². The number of nitrogens with two attached hydrogens (primary N) is 1. The van der Waals surface area contributed by atoms with Crippen LogP contribution in [0, 0.1) is 0 Å². The van der Waals surface area contributed by atoms with Gasteiger partial charge in [-0.15, -0.1) is 0 Å². The zero-order valence-corrected chi connectivity index (χ0v) is 51.1. The number of unbranched alkanes of at least 4 members (excludes halogenated alkanes) is 36. The fourth-order valence-electron chi connectivity index (χ4n) is 9.35. The summed E-state index contributed by atoms with van der Waals surface area (Å²) in [5.41, 5.74) is 5.39. The number of hydrogen-bond donors (Lipinski definition) is 2. The number of allylic oxidation sites excluding steroid dienone is 12. The van der Waals surface area contributed by atoms with E-state index < -0.39 is 26.5 Å². The van der Waals surface area contributed by atoms with E-state index >= 15 is 0 Å². The van der Waals surface area contributed by atoms with Gasteiger partial charge in [-0.05, 0) is 64.2 Å².